The van der Waals surface area contributed by atoms with Gasteiger partial charge in [-0.1, -0.05) is 0 Å². The minimum Gasteiger partial charge on any atom is -0.497 e. The third kappa shape index (κ3) is 2.44. The zero-order chi connectivity index (χ0) is 15.0. The van der Waals surface area contributed by atoms with E-state index in [1.807, 2.05) is 18.2 Å². The molecule has 1 fully saturated rings. The second-order valence-electron chi connectivity index (χ2n) is 5.21. The molecule has 3 rings (SSSR count). The SMILES string of the molecule is COc1ccc2[nH]c(C(=O)N3CCC(C(=O)O)C3)cc2c1. The molecule has 1 unspecified atom stereocenters. The van der Waals surface area contributed by atoms with Crippen molar-refractivity contribution in [3.8, 4) is 5.75 Å². The number of aromatic nitrogens is 1. The predicted molar refractivity (Wildman–Crippen MR) is 76.5 cm³/mol. The second kappa shape index (κ2) is 5.12. The lowest BCUT2D eigenvalue weighted by atomic mass is 10.1. The van der Waals surface area contributed by atoms with E-state index >= 15 is 0 Å². The first-order chi connectivity index (χ1) is 10.1. The molecule has 1 aromatic carbocycles. The van der Waals surface area contributed by atoms with Crippen LogP contribution in [0, 0.1) is 5.92 Å². The Morgan fingerprint density at radius 1 is 1.38 bits per heavy atom. The van der Waals surface area contributed by atoms with Gasteiger partial charge in [0.1, 0.15) is 11.4 Å². The maximum atomic E-state index is 12.4. The van der Waals surface area contributed by atoms with Gasteiger partial charge < -0.3 is 19.7 Å². The highest BCUT2D eigenvalue weighted by molar-refractivity contribution is 5.98. The van der Waals surface area contributed by atoms with Crippen LogP contribution < -0.4 is 4.74 Å². The number of fused-ring (bicyclic) bond motifs is 1. The van der Waals surface area contributed by atoms with Crippen LogP contribution in [0.1, 0.15) is 16.9 Å². The number of nitrogens with one attached hydrogen (secondary N) is 1. The molecule has 1 atom stereocenters. The average molecular weight is 288 g/mol. The lowest BCUT2D eigenvalue weighted by Gasteiger charge is -2.14. The van der Waals surface area contributed by atoms with Crippen molar-refractivity contribution in [1.29, 1.82) is 0 Å². The molecule has 6 heteroatoms. The van der Waals surface area contributed by atoms with Crippen molar-refractivity contribution in [2.45, 2.75) is 6.42 Å². The number of likely N-dealkylation sites (tertiary alicyclic amines) is 1. The summed E-state index contributed by atoms with van der Waals surface area (Å²) in [5.41, 5.74) is 1.33. The fraction of sp³-hybridized carbons (Fsp3) is 0.333. The highest BCUT2D eigenvalue weighted by Gasteiger charge is 2.31. The molecule has 0 spiro atoms. The van der Waals surface area contributed by atoms with E-state index in [0.29, 0.717) is 18.7 Å². The maximum absolute atomic E-state index is 12.4. The van der Waals surface area contributed by atoms with Crippen molar-refractivity contribution in [2.24, 2.45) is 5.92 Å². The Labute approximate surface area is 121 Å². The van der Waals surface area contributed by atoms with E-state index in [1.165, 1.54) is 0 Å². The number of rotatable bonds is 3. The van der Waals surface area contributed by atoms with Crippen LogP contribution in [-0.2, 0) is 4.79 Å². The Balaban J connectivity index is 1.83. The Bertz CT molecular complexity index is 707. The van der Waals surface area contributed by atoms with Crippen LogP contribution in [0.25, 0.3) is 10.9 Å². The summed E-state index contributed by atoms with van der Waals surface area (Å²) in [6.45, 7) is 0.751. The number of H-pyrrole nitrogens is 1. The van der Waals surface area contributed by atoms with E-state index in [0.717, 1.165) is 16.7 Å². The van der Waals surface area contributed by atoms with Crippen molar-refractivity contribution < 1.29 is 19.4 Å². The predicted octanol–water partition coefficient (Wildman–Crippen LogP) is 1.72. The quantitative estimate of drug-likeness (QED) is 0.901. The highest BCUT2D eigenvalue weighted by atomic mass is 16.5. The summed E-state index contributed by atoms with van der Waals surface area (Å²) in [5.74, 6) is -0.730. The number of carboxylic acid groups (broad SMARTS) is 1. The summed E-state index contributed by atoms with van der Waals surface area (Å²) in [7, 11) is 1.59. The van der Waals surface area contributed by atoms with Crippen LogP contribution in [0.4, 0.5) is 0 Å². The van der Waals surface area contributed by atoms with E-state index < -0.39 is 11.9 Å². The van der Waals surface area contributed by atoms with Gasteiger partial charge >= 0.3 is 5.97 Å². The topological polar surface area (TPSA) is 82.6 Å². The summed E-state index contributed by atoms with van der Waals surface area (Å²) >= 11 is 0. The van der Waals surface area contributed by atoms with Gasteiger partial charge in [0.2, 0.25) is 0 Å². The van der Waals surface area contributed by atoms with Crippen molar-refractivity contribution in [2.75, 3.05) is 20.2 Å². The number of ether oxygens (including phenoxy) is 1. The molecule has 0 bridgehead atoms. The highest BCUT2D eigenvalue weighted by Crippen LogP contribution is 2.24. The number of carbonyl (C=O) groups is 2. The molecule has 2 heterocycles. The summed E-state index contributed by atoms with van der Waals surface area (Å²) in [6, 6.07) is 7.30. The second-order valence-corrected chi connectivity index (χ2v) is 5.21. The third-order valence-electron chi connectivity index (χ3n) is 3.88. The molecule has 1 aromatic heterocycles. The first-order valence-electron chi connectivity index (χ1n) is 6.77. The van der Waals surface area contributed by atoms with Gasteiger partial charge in [0.05, 0.1) is 13.0 Å². The molecule has 2 N–H and O–H groups in total. The number of methoxy groups -OCH3 is 1. The molecule has 6 nitrogen and oxygen atoms in total. The molecule has 21 heavy (non-hydrogen) atoms. The van der Waals surface area contributed by atoms with E-state index in [4.69, 9.17) is 9.84 Å². The van der Waals surface area contributed by atoms with E-state index in [-0.39, 0.29) is 12.5 Å². The number of nitrogens with zero attached hydrogens (tertiary/aromatic N) is 1. The Kier molecular flexibility index (Phi) is 3.29. The van der Waals surface area contributed by atoms with Gasteiger partial charge in [0, 0.05) is 24.0 Å². The lowest BCUT2D eigenvalue weighted by Crippen LogP contribution is -2.30. The Morgan fingerprint density at radius 3 is 2.86 bits per heavy atom. The van der Waals surface area contributed by atoms with Gasteiger partial charge in [-0.2, -0.15) is 0 Å². The van der Waals surface area contributed by atoms with Gasteiger partial charge in [0.25, 0.3) is 5.91 Å². The van der Waals surface area contributed by atoms with Crippen molar-refractivity contribution in [1.82, 2.24) is 9.88 Å². The van der Waals surface area contributed by atoms with Crippen LogP contribution in [0.15, 0.2) is 24.3 Å². The number of aromatic amines is 1. The zero-order valence-electron chi connectivity index (χ0n) is 11.6. The molecule has 2 aromatic rings. The molecule has 110 valence electrons. The van der Waals surface area contributed by atoms with Gasteiger partial charge in [-0.3, -0.25) is 9.59 Å². The van der Waals surface area contributed by atoms with Crippen LogP contribution in [0.2, 0.25) is 0 Å². The summed E-state index contributed by atoms with van der Waals surface area (Å²) < 4.78 is 5.16. The average Bonchev–Trinajstić information content (AvgIpc) is 3.12. The minimum absolute atomic E-state index is 0.158. The summed E-state index contributed by atoms with van der Waals surface area (Å²) in [4.78, 5) is 28.0. The number of aliphatic carboxylic acids is 1. The van der Waals surface area contributed by atoms with Crippen LogP contribution in [0.5, 0.6) is 5.75 Å². The largest absolute Gasteiger partial charge is 0.497 e. The summed E-state index contributed by atoms with van der Waals surface area (Å²) in [5, 5.41) is 9.89. The van der Waals surface area contributed by atoms with Crippen molar-refractivity contribution in [3.63, 3.8) is 0 Å². The van der Waals surface area contributed by atoms with Crippen molar-refractivity contribution >= 4 is 22.8 Å². The minimum atomic E-state index is -0.841. The first kappa shape index (κ1) is 13.5. The van der Waals surface area contributed by atoms with Crippen molar-refractivity contribution in [3.05, 3.63) is 30.0 Å². The number of carboxylic acids is 1. The molecular formula is C15H16N2O4. The third-order valence-corrected chi connectivity index (χ3v) is 3.88. The molecule has 1 aliphatic heterocycles. The Hall–Kier alpha value is -2.50. The van der Waals surface area contributed by atoms with E-state index in [1.54, 1.807) is 18.1 Å². The first-order valence-corrected chi connectivity index (χ1v) is 6.77. The monoisotopic (exact) mass is 288 g/mol. The molecule has 0 radical (unpaired) electrons. The molecule has 1 amide bonds. The van der Waals surface area contributed by atoms with Gasteiger partial charge in [-0.05, 0) is 30.7 Å². The zero-order valence-corrected chi connectivity index (χ0v) is 11.6. The molecule has 0 saturated carbocycles. The maximum Gasteiger partial charge on any atom is 0.308 e. The molecular weight excluding hydrogens is 272 g/mol. The normalized spacial score (nSPS) is 18.1. The number of benzene rings is 1. The Morgan fingerprint density at radius 2 is 2.19 bits per heavy atom. The lowest BCUT2D eigenvalue weighted by molar-refractivity contribution is -0.141. The van der Waals surface area contributed by atoms with Crippen LogP contribution in [0.3, 0.4) is 0 Å². The number of hydrogen-bond acceptors (Lipinski definition) is 3. The smallest absolute Gasteiger partial charge is 0.308 e. The fourth-order valence-corrected chi connectivity index (χ4v) is 2.67. The van der Waals surface area contributed by atoms with Gasteiger partial charge in [-0.25, -0.2) is 0 Å². The fourth-order valence-electron chi connectivity index (χ4n) is 2.67. The molecule has 1 aliphatic rings. The number of carbonyl (C=O) groups excluding carboxylic acids is 1. The summed E-state index contributed by atoms with van der Waals surface area (Å²) in [6.07, 6.45) is 0.509. The van der Waals surface area contributed by atoms with E-state index in [2.05, 4.69) is 4.98 Å². The van der Waals surface area contributed by atoms with E-state index in [9.17, 15) is 9.59 Å². The van der Waals surface area contributed by atoms with Gasteiger partial charge in [-0.15, -0.1) is 0 Å². The molecule has 0 aliphatic carbocycles. The van der Waals surface area contributed by atoms with Gasteiger partial charge in [0.15, 0.2) is 0 Å². The van der Waals surface area contributed by atoms with Crippen LogP contribution in [-0.4, -0.2) is 47.1 Å². The number of amides is 1. The number of hydrogen-bond donors (Lipinski definition) is 2. The molecule has 1 saturated heterocycles. The standard InChI is InChI=1S/C15H16N2O4/c1-21-11-2-3-12-10(6-11)7-13(16-12)14(18)17-5-4-9(8-17)15(19)20/h2-3,6-7,9,16H,4-5,8H2,1H3,(H,19,20). The van der Waals surface area contributed by atoms with Crippen LogP contribution >= 0.6 is 0 Å².